The van der Waals surface area contributed by atoms with E-state index < -0.39 is 18.0 Å². The topological polar surface area (TPSA) is 65.0 Å². The predicted molar refractivity (Wildman–Crippen MR) is 69.8 cm³/mol. The molecule has 0 aliphatic heterocycles. The average Bonchev–Trinajstić information content (AvgIpc) is 2.46. The second-order valence-corrected chi connectivity index (χ2v) is 4.24. The van der Waals surface area contributed by atoms with E-state index >= 15 is 0 Å². The van der Waals surface area contributed by atoms with Gasteiger partial charge in [0.15, 0.2) is 0 Å². The Morgan fingerprint density at radius 2 is 1.89 bits per heavy atom. The molecule has 0 amide bonds. The number of hydrogen-bond acceptors (Lipinski definition) is 5. The van der Waals surface area contributed by atoms with E-state index in [4.69, 9.17) is 9.47 Å². The molecule has 0 spiro atoms. The summed E-state index contributed by atoms with van der Waals surface area (Å²) in [5, 5.41) is 9.73. The summed E-state index contributed by atoms with van der Waals surface area (Å²) in [6.45, 7) is 2.06. The molecule has 19 heavy (non-hydrogen) atoms. The standard InChI is InChI=1S/C14H20O5/c1-10(14(16)18-3)13(15)9-19-8-11-4-6-12(17-2)7-5-11/h4-7,10,13,15H,8-9H2,1-3H3/t10-,13+/m1/s1. The van der Waals surface area contributed by atoms with Crippen LogP contribution in [-0.4, -0.2) is 38.0 Å². The molecule has 5 heteroatoms. The van der Waals surface area contributed by atoms with Crippen LogP contribution in [-0.2, 0) is 20.9 Å². The normalized spacial score (nSPS) is 13.7. The van der Waals surface area contributed by atoms with Crippen LogP contribution in [0.1, 0.15) is 12.5 Å². The van der Waals surface area contributed by atoms with Gasteiger partial charge in [0.25, 0.3) is 0 Å². The number of carbonyl (C=O) groups excluding carboxylic acids is 1. The zero-order valence-electron chi connectivity index (χ0n) is 11.5. The molecular formula is C14H20O5. The Kier molecular flexibility index (Phi) is 6.32. The first kappa shape index (κ1) is 15.5. The first-order chi connectivity index (χ1) is 9.08. The van der Waals surface area contributed by atoms with E-state index in [0.717, 1.165) is 11.3 Å². The number of methoxy groups -OCH3 is 2. The quantitative estimate of drug-likeness (QED) is 0.757. The van der Waals surface area contributed by atoms with Crippen LogP contribution >= 0.6 is 0 Å². The van der Waals surface area contributed by atoms with Gasteiger partial charge < -0.3 is 19.3 Å². The second kappa shape index (κ2) is 7.76. The van der Waals surface area contributed by atoms with Gasteiger partial charge in [-0.15, -0.1) is 0 Å². The molecular weight excluding hydrogens is 248 g/mol. The van der Waals surface area contributed by atoms with Gasteiger partial charge in [-0.3, -0.25) is 4.79 Å². The van der Waals surface area contributed by atoms with Crippen molar-refractivity contribution < 1.29 is 24.1 Å². The zero-order valence-corrected chi connectivity index (χ0v) is 11.5. The highest BCUT2D eigenvalue weighted by molar-refractivity contribution is 5.72. The van der Waals surface area contributed by atoms with Gasteiger partial charge in [0.2, 0.25) is 0 Å². The summed E-state index contributed by atoms with van der Waals surface area (Å²) in [5.41, 5.74) is 0.971. The fourth-order valence-corrected chi connectivity index (χ4v) is 1.51. The van der Waals surface area contributed by atoms with Gasteiger partial charge in [-0.05, 0) is 24.6 Å². The number of rotatable bonds is 7. The lowest BCUT2D eigenvalue weighted by molar-refractivity contribution is -0.150. The minimum absolute atomic E-state index is 0.0856. The van der Waals surface area contributed by atoms with Crippen LogP contribution < -0.4 is 4.74 Å². The highest BCUT2D eigenvalue weighted by atomic mass is 16.5. The molecule has 0 aliphatic rings. The number of carbonyl (C=O) groups is 1. The van der Waals surface area contributed by atoms with Crippen molar-refractivity contribution in [1.82, 2.24) is 0 Å². The summed E-state index contributed by atoms with van der Waals surface area (Å²) >= 11 is 0. The maximum absolute atomic E-state index is 11.2. The van der Waals surface area contributed by atoms with Gasteiger partial charge in [0, 0.05) is 0 Å². The third-order valence-corrected chi connectivity index (χ3v) is 2.87. The van der Waals surface area contributed by atoms with Crippen LogP contribution in [0.15, 0.2) is 24.3 Å². The molecule has 2 atom stereocenters. The van der Waals surface area contributed by atoms with E-state index in [9.17, 15) is 9.90 Å². The molecule has 0 heterocycles. The summed E-state index contributed by atoms with van der Waals surface area (Å²) in [5.74, 6) is -0.260. The highest BCUT2D eigenvalue weighted by Crippen LogP contribution is 2.12. The zero-order chi connectivity index (χ0) is 14.3. The van der Waals surface area contributed by atoms with E-state index in [0.29, 0.717) is 6.61 Å². The van der Waals surface area contributed by atoms with Crippen LogP contribution in [0.3, 0.4) is 0 Å². The summed E-state index contributed by atoms with van der Waals surface area (Å²) < 4.78 is 15.0. The van der Waals surface area contributed by atoms with Crippen LogP contribution in [0.4, 0.5) is 0 Å². The minimum Gasteiger partial charge on any atom is -0.497 e. The first-order valence-corrected chi connectivity index (χ1v) is 6.05. The molecule has 0 bridgehead atoms. The van der Waals surface area contributed by atoms with Crippen molar-refractivity contribution in [2.24, 2.45) is 5.92 Å². The largest absolute Gasteiger partial charge is 0.497 e. The predicted octanol–water partition coefficient (Wildman–Crippen LogP) is 1.38. The fourth-order valence-electron chi connectivity index (χ4n) is 1.51. The summed E-state index contributed by atoms with van der Waals surface area (Å²) in [6, 6.07) is 7.45. The van der Waals surface area contributed by atoms with Crippen molar-refractivity contribution in [1.29, 1.82) is 0 Å². The van der Waals surface area contributed by atoms with Gasteiger partial charge >= 0.3 is 5.97 Å². The maximum Gasteiger partial charge on any atom is 0.311 e. The lowest BCUT2D eigenvalue weighted by Crippen LogP contribution is -2.30. The number of ether oxygens (including phenoxy) is 3. The molecule has 5 nitrogen and oxygen atoms in total. The van der Waals surface area contributed by atoms with Crippen LogP contribution in [0.5, 0.6) is 5.75 Å². The molecule has 0 aromatic heterocycles. The molecule has 0 saturated heterocycles. The molecule has 1 rings (SSSR count). The smallest absolute Gasteiger partial charge is 0.311 e. The first-order valence-electron chi connectivity index (χ1n) is 6.05. The van der Waals surface area contributed by atoms with Crippen molar-refractivity contribution >= 4 is 5.97 Å². The Balaban J connectivity index is 2.34. The lowest BCUT2D eigenvalue weighted by atomic mass is 10.1. The number of aliphatic hydroxyl groups excluding tert-OH is 1. The summed E-state index contributed by atoms with van der Waals surface area (Å²) in [6.07, 6.45) is -0.870. The van der Waals surface area contributed by atoms with E-state index in [2.05, 4.69) is 4.74 Å². The SMILES string of the molecule is COC(=O)[C@H](C)[C@@H](O)COCc1ccc(OC)cc1. The Labute approximate surface area is 113 Å². The van der Waals surface area contributed by atoms with Crippen molar-refractivity contribution in [2.45, 2.75) is 19.6 Å². The van der Waals surface area contributed by atoms with E-state index in [1.54, 1.807) is 14.0 Å². The Bertz CT molecular complexity index is 387. The molecule has 106 valence electrons. The van der Waals surface area contributed by atoms with Crippen LogP contribution in [0.2, 0.25) is 0 Å². The third-order valence-electron chi connectivity index (χ3n) is 2.87. The van der Waals surface area contributed by atoms with E-state index in [1.807, 2.05) is 24.3 Å². The third kappa shape index (κ3) is 4.89. The number of aliphatic hydroxyl groups is 1. The molecule has 0 aliphatic carbocycles. The van der Waals surface area contributed by atoms with Gasteiger partial charge in [-0.2, -0.15) is 0 Å². The molecule has 0 fully saturated rings. The van der Waals surface area contributed by atoms with Gasteiger partial charge in [0.1, 0.15) is 5.75 Å². The van der Waals surface area contributed by atoms with Crippen molar-refractivity contribution in [3.63, 3.8) is 0 Å². The van der Waals surface area contributed by atoms with Gasteiger partial charge in [-0.1, -0.05) is 12.1 Å². The van der Waals surface area contributed by atoms with Gasteiger partial charge in [0.05, 0.1) is 39.5 Å². The van der Waals surface area contributed by atoms with Gasteiger partial charge in [-0.25, -0.2) is 0 Å². The summed E-state index contributed by atoms with van der Waals surface area (Å²) in [4.78, 5) is 11.2. The number of hydrogen-bond donors (Lipinski definition) is 1. The monoisotopic (exact) mass is 268 g/mol. The number of benzene rings is 1. The number of esters is 1. The van der Waals surface area contributed by atoms with Crippen molar-refractivity contribution in [3.05, 3.63) is 29.8 Å². The Hall–Kier alpha value is -1.59. The van der Waals surface area contributed by atoms with E-state index in [-0.39, 0.29) is 6.61 Å². The molecule has 1 aromatic rings. The molecule has 0 unspecified atom stereocenters. The van der Waals surface area contributed by atoms with E-state index in [1.165, 1.54) is 7.11 Å². The maximum atomic E-state index is 11.2. The fraction of sp³-hybridized carbons (Fsp3) is 0.500. The summed E-state index contributed by atoms with van der Waals surface area (Å²) in [7, 11) is 2.90. The Morgan fingerprint density at radius 1 is 1.26 bits per heavy atom. The van der Waals surface area contributed by atoms with Crippen molar-refractivity contribution in [3.8, 4) is 5.75 Å². The lowest BCUT2D eigenvalue weighted by Gasteiger charge is -2.16. The minimum atomic E-state index is -0.870. The van der Waals surface area contributed by atoms with Crippen LogP contribution in [0, 0.1) is 5.92 Å². The van der Waals surface area contributed by atoms with Crippen LogP contribution in [0.25, 0.3) is 0 Å². The molecule has 0 saturated carbocycles. The van der Waals surface area contributed by atoms with Crippen molar-refractivity contribution in [2.75, 3.05) is 20.8 Å². The molecule has 0 radical (unpaired) electrons. The molecule has 1 aromatic carbocycles. The Morgan fingerprint density at radius 3 is 2.42 bits per heavy atom. The molecule has 1 N–H and O–H groups in total. The second-order valence-electron chi connectivity index (χ2n) is 4.24. The highest BCUT2D eigenvalue weighted by Gasteiger charge is 2.22. The average molecular weight is 268 g/mol.